The Hall–Kier alpha value is -1.10. The van der Waals surface area contributed by atoms with Crippen LogP contribution >= 0.6 is 0 Å². The molecule has 0 rings (SSSR count). The Kier molecular flexibility index (Phi) is 10.2. The van der Waals surface area contributed by atoms with Crippen molar-refractivity contribution in [1.82, 2.24) is 10.6 Å². The van der Waals surface area contributed by atoms with E-state index in [9.17, 15) is 9.59 Å². The fourth-order valence-electron chi connectivity index (χ4n) is 1.46. The van der Waals surface area contributed by atoms with Crippen LogP contribution in [-0.4, -0.2) is 37.6 Å². The molecule has 0 aliphatic rings. The Morgan fingerprint density at radius 2 is 1.68 bits per heavy atom. The minimum absolute atomic E-state index is 0.0635. The Morgan fingerprint density at radius 3 is 2.26 bits per heavy atom. The summed E-state index contributed by atoms with van der Waals surface area (Å²) in [7, 11) is 0. The molecule has 2 N–H and O–H groups in total. The molecular formula is C14H28N2O3. The topological polar surface area (TPSA) is 67.4 Å². The zero-order chi connectivity index (χ0) is 14.7. The van der Waals surface area contributed by atoms with Crippen LogP contribution in [0, 0.1) is 5.92 Å². The molecule has 5 nitrogen and oxygen atoms in total. The van der Waals surface area contributed by atoms with Crippen molar-refractivity contribution in [2.75, 3.05) is 19.7 Å². The molecule has 0 atom stereocenters. The Balaban J connectivity index is 3.42. The predicted octanol–water partition coefficient (Wildman–Crippen LogP) is 1.47. The largest absolute Gasteiger partial charge is 0.379 e. The van der Waals surface area contributed by atoms with Crippen LogP contribution in [0.15, 0.2) is 0 Å². The zero-order valence-corrected chi connectivity index (χ0v) is 12.6. The van der Waals surface area contributed by atoms with Gasteiger partial charge in [0.25, 0.3) is 0 Å². The van der Waals surface area contributed by atoms with Gasteiger partial charge in [-0.1, -0.05) is 13.8 Å². The van der Waals surface area contributed by atoms with E-state index >= 15 is 0 Å². The Morgan fingerprint density at radius 1 is 1.00 bits per heavy atom. The van der Waals surface area contributed by atoms with Crippen molar-refractivity contribution in [3.05, 3.63) is 0 Å². The van der Waals surface area contributed by atoms with Crippen molar-refractivity contribution >= 4 is 11.8 Å². The van der Waals surface area contributed by atoms with E-state index in [0.29, 0.717) is 18.9 Å². The van der Waals surface area contributed by atoms with E-state index in [1.165, 1.54) is 0 Å². The summed E-state index contributed by atoms with van der Waals surface area (Å²) in [6.07, 6.45) is 2.53. The minimum atomic E-state index is -0.137. The summed E-state index contributed by atoms with van der Waals surface area (Å²) in [6, 6.07) is 0. The van der Waals surface area contributed by atoms with Crippen LogP contribution in [0.5, 0.6) is 0 Å². The molecule has 0 unspecified atom stereocenters. The van der Waals surface area contributed by atoms with Crippen LogP contribution in [-0.2, 0) is 14.3 Å². The van der Waals surface area contributed by atoms with E-state index in [1.807, 2.05) is 27.7 Å². The van der Waals surface area contributed by atoms with Crippen molar-refractivity contribution in [3.8, 4) is 0 Å². The van der Waals surface area contributed by atoms with Gasteiger partial charge < -0.3 is 15.4 Å². The molecule has 2 amide bonds. The van der Waals surface area contributed by atoms with Gasteiger partial charge in [-0.3, -0.25) is 9.59 Å². The molecule has 0 aliphatic heterocycles. The number of carbonyl (C=O) groups is 2. The quantitative estimate of drug-likeness (QED) is 0.592. The average molecular weight is 272 g/mol. The number of amides is 2. The second-order valence-corrected chi connectivity index (χ2v) is 5.35. The lowest BCUT2D eigenvalue weighted by Gasteiger charge is -2.09. The van der Waals surface area contributed by atoms with Crippen LogP contribution < -0.4 is 10.6 Å². The number of hydrogen-bond donors (Lipinski definition) is 2. The van der Waals surface area contributed by atoms with Crippen molar-refractivity contribution < 1.29 is 14.3 Å². The van der Waals surface area contributed by atoms with Crippen LogP contribution in [0.25, 0.3) is 0 Å². The maximum atomic E-state index is 11.4. The maximum absolute atomic E-state index is 11.4. The summed E-state index contributed by atoms with van der Waals surface area (Å²) in [5.74, 6) is 0.0985. The molecule has 0 saturated heterocycles. The fourth-order valence-corrected chi connectivity index (χ4v) is 1.46. The van der Waals surface area contributed by atoms with Crippen LogP contribution in [0.4, 0.5) is 0 Å². The van der Waals surface area contributed by atoms with E-state index in [4.69, 9.17) is 4.74 Å². The molecule has 0 aromatic carbocycles. The van der Waals surface area contributed by atoms with Gasteiger partial charge in [-0.05, 0) is 32.6 Å². The van der Waals surface area contributed by atoms with Gasteiger partial charge in [-0.2, -0.15) is 0 Å². The monoisotopic (exact) mass is 272 g/mol. The van der Waals surface area contributed by atoms with E-state index < -0.39 is 0 Å². The molecule has 19 heavy (non-hydrogen) atoms. The first kappa shape index (κ1) is 17.9. The number of rotatable bonds is 10. The SMILES string of the molecule is CC(C)CC(=O)NCC(=O)NCCCCOC(C)C. The van der Waals surface area contributed by atoms with Crippen molar-refractivity contribution in [2.45, 2.75) is 53.1 Å². The zero-order valence-electron chi connectivity index (χ0n) is 12.6. The summed E-state index contributed by atoms with van der Waals surface area (Å²) in [5.41, 5.74) is 0. The normalized spacial score (nSPS) is 10.8. The number of nitrogens with one attached hydrogen (secondary N) is 2. The molecule has 0 aliphatic carbocycles. The number of hydrogen-bond acceptors (Lipinski definition) is 3. The van der Waals surface area contributed by atoms with E-state index in [2.05, 4.69) is 10.6 Å². The first-order chi connectivity index (χ1) is 8.91. The third kappa shape index (κ3) is 13.1. The van der Waals surface area contributed by atoms with Crippen molar-refractivity contribution in [2.24, 2.45) is 5.92 Å². The lowest BCUT2D eigenvalue weighted by molar-refractivity contribution is -0.126. The van der Waals surface area contributed by atoms with Crippen molar-refractivity contribution in [1.29, 1.82) is 0 Å². The standard InChI is InChI=1S/C14H28N2O3/c1-11(2)9-13(17)16-10-14(18)15-7-5-6-8-19-12(3)4/h11-12H,5-10H2,1-4H3,(H,15,18)(H,16,17). The van der Waals surface area contributed by atoms with Crippen LogP contribution in [0.1, 0.15) is 47.0 Å². The van der Waals surface area contributed by atoms with Gasteiger partial charge in [0.1, 0.15) is 0 Å². The summed E-state index contributed by atoms with van der Waals surface area (Å²) in [4.78, 5) is 22.7. The molecule has 0 fully saturated rings. The molecule has 5 heteroatoms. The number of carbonyl (C=O) groups excluding carboxylic acids is 2. The van der Waals surface area contributed by atoms with Crippen LogP contribution in [0.2, 0.25) is 0 Å². The molecule has 0 heterocycles. The lowest BCUT2D eigenvalue weighted by atomic mass is 10.1. The van der Waals surface area contributed by atoms with Gasteiger partial charge in [-0.15, -0.1) is 0 Å². The highest BCUT2D eigenvalue weighted by Gasteiger charge is 2.06. The number of unbranched alkanes of at least 4 members (excludes halogenated alkanes) is 1. The molecule has 0 saturated carbocycles. The molecule has 0 radical (unpaired) electrons. The van der Waals surface area contributed by atoms with Crippen molar-refractivity contribution in [3.63, 3.8) is 0 Å². The molecule has 112 valence electrons. The summed E-state index contributed by atoms with van der Waals surface area (Å²) >= 11 is 0. The van der Waals surface area contributed by atoms with E-state index in [-0.39, 0.29) is 24.5 Å². The van der Waals surface area contributed by atoms with Gasteiger partial charge in [0.2, 0.25) is 11.8 Å². The average Bonchev–Trinajstić information content (AvgIpc) is 2.29. The molecule has 0 aromatic heterocycles. The number of ether oxygens (including phenoxy) is 1. The molecule has 0 spiro atoms. The third-order valence-electron chi connectivity index (χ3n) is 2.38. The Labute approximate surface area is 116 Å². The van der Waals surface area contributed by atoms with Gasteiger partial charge in [0.05, 0.1) is 12.6 Å². The summed E-state index contributed by atoms with van der Waals surface area (Å²) < 4.78 is 5.40. The second-order valence-electron chi connectivity index (χ2n) is 5.35. The van der Waals surface area contributed by atoms with Gasteiger partial charge in [0, 0.05) is 19.6 Å². The highest BCUT2D eigenvalue weighted by Crippen LogP contribution is 1.97. The van der Waals surface area contributed by atoms with Crippen LogP contribution in [0.3, 0.4) is 0 Å². The summed E-state index contributed by atoms with van der Waals surface area (Å²) in [6.45, 7) is 9.36. The van der Waals surface area contributed by atoms with Gasteiger partial charge in [0.15, 0.2) is 0 Å². The smallest absolute Gasteiger partial charge is 0.239 e. The van der Waals surface area contributed by atoms with E-state index in [0.717, 1.165) is 19.4 Å². The molecule has 0 aromatic rings. The maximum Gasteiger partial charge on any atom is 0.239 e. The van der Waals surface area contributed by atoms with E-state index in [1.54, 1.807) is 0 Å². The van der Waals surface area contributed by atoms with Gasteiger partial charge in [-0.25, -0.2) is 0 Å². The summed E-state index contributed by atoms with van der Waals surface area (Å²) in [5, 5.41) is 5.38. The fraction of sp³-hybridized carbons (Fsp3) is 0.857. The second kappa shape index (κ2) is 10.8. The first-order valence-electron chi connectivity index (χ1n) is 7.06. The molecule has 0 bridgehead atoms. The third-order valence-corrected chi connectivity index (χ3v) is 2.38. The Bertz CT molecular complexity index is 265. The lowest BCUT2D eigenvalue weighted by Crippen LogP contribution is -2.37. The van der Waals surface area contributed by atoms with Gasteiger partial charge >= 0.3 is 0 Å². The molecular weight excluding hydrogens is 244 g/mol. The minimum Gasteiger partial charge on any atom is -0.379 e. The predicted molar refractivity (Wildman–Crippen MR) is 75.8 cm³/mol. The highest BCUT2D eigenvalue weighted by molar-refractivity contribution is 5.84. The first-order valence-corrected chi connectivity index (χ1v) is 7.06. The highest BCUT2D eigenvalue weighted by atomic mass is 16.5.